The summed E-state index contributed by atoms with van der Waals surface area (Å²) in [5.74, 6) is -0.299. The zero-order chi connectivity index (χ0) is 15.7. The van der Waals surface area contributed by atoms with Gasteiger partial charge in [0.25, 0.3) is 0 Å². The van der Waals surface area contributed by atoms with Gasteiger partial charge in [-0.15, -0.1) is 0 Å². The average Bonchev–Trinajstić information content (AvgIpc) is 3.06. The fraction of sp³-hybridized carbons (Fsp3) is 0.143. The molecule has 3 rings (SSSR count). The van der Waals surface area contributed by atoms with Crippen LogP contribution in [0.15, 0.2) is 35.1 Å². The van der Waals surface area contributed by atoms with Gasteiger partial charge in [-0.05, 0) is 29.9 Å². The molecule has 0 unspecified atom stereocenters. The van der Waals surface area contributed by atoms with Gasteiger partial charge >= 0.3 is 5.00 Å². The van der Waals surface area contributed by atoms with E-state index in [1.54, 1.807) is 6.26 Å². The van der Waals surface area contributed by atoms with Crippen LogP contribution in [0.2, 0.25) is 0 Å². The number of anilines is 1. The Morgan fingerprint density at radius 1 is 1.50 bits per heavy atom. The number of benzene rings is 1. The number of rotatable bonds is 4. The van der Waals surface area contributed by atoms with Gasteiger partial charge in [-0.2, -0.15) is 0 Å². The monoisotopic (exact) mass is 317 g/mol. The molecule has 22 heavy (non-hydrogen) atoms. The van der Waals surface area contributed by atoms with E-state index in [0.29, 0.717) is 0 Å². The van der Waals surface area contributed by atoms with Crippen LogP contribution >= 0.6 is 11.3 Å². The fourth-order valence-corrected chi connectivity index (χ4v) is 2.72. The minimum Gasteiger partial charge on any atom is -0.464 e. The molecule has 1 N–H and O–H groups in total. The highest BCUT2D eigenvalue weighted by atomic mass is 32.1. The number of nitrogens with zero attached hydrogens (tertiary/aromatic N) is 2. The fourth-order valence-electron chi connectivity index (χ4n) is 2.07. The van der Waals surface area contributed by atoms with Crippen LogP contribution in [0.1, 0.15) is 11.1 Å². The van der Waals surface area contributed by atoms with Gasteiger partial charge in [0, 0.05) is 10.9 Å². The molecule has 0 atom stereocenters. The topological polar surface area (TPSA) is 98.3 Å². The maximum atomic E-state index is 12.0. The first-order valence-electron chi connectivity index (χ1n) is 6.40. The van der Waals surface area contributed by atoms with Gasteiger partial charge in [-0.3, -0.25) is 14.9 Å². The Bertz CT molecular complexity index is 868. The van der Waals surface area contributed by atoms with Crippen molar-refractivity contribution >= 4 is 38.3 Å². The molecule has 0 bridgehead atoms. The molecule has 3 aromatic rings. The lowest BCUT2D eigenvalue weighted by atomic mass is 10.1. The van der Waals surface area contributed by atoms with Gasteiger partial charge < -0.3 is 9.73 Å². The number of fused-ring (bicyclic) bond motifs is 1. The Morgan fingerprint density at radius 2 is 2.32 bits per heavy atom. The van der Waals surface area contributed by atoms with Gasteiger partial charge in [0.05, 0.1) is 17.6 Å². The lowest BCUT2D eigenvalue weighted by Gasteiger charge is -2.00. The van der Waals surface area contributed by atoms with E-state index >= 15 is 0 Å². The number of nitrogens with one attached hydrogen (secondary N) is 1. The first-order valence-corrected chi connectivity index (χ1v) is 7.21. The van der Waals surface area contributed by atoms with E-state index in [1.165, 1.54) is 0 Å². The maximum Gasteiger partial charge on any atom is 0.345 e. The molecule has 0 aliphatic rings. The third-order valence-electron chi connectivity index (χ3n) is 3.08. The van der Waals surface area contributed by atoms with E-state index in [4.69, 9.17) is 4.42 Å². The normalized spacial score (nSPS) is 10.8. The first kappa shape index (κ1) is 14.2. The highest BCUT2D eigenvalue weighted by Crippen LogP contribution is 2.26. The Morgan fingerprint density at radius 3 is 3.05 bits per heavy atom. The summed E-state index contributed by atoms with van der Waals surface area (Å²) in [4.78, 5) is 25.9. The predicted octanol–water partition coefficient (Wildman–Crippen LogP) is 3.29. The number of furan rings is 1. The summed E-state index contributed by atoms with van der Waals surface area (Å²) in [6.07, 6.45) is 2.79. The molecule has 0 aliphatic heterocycles. The molecule has 0 spiro atoms. The second-order valence-corrected chi connectivity index (χ2v) is 5.76. The maximum absolute atomic E-state index is 12.0. The minimum absolute atomic E-state index is 0.112. The molecule has 2 aromatic heterocycles. The van der Waals surface area contributed by atoms with Crippen molar-refractivity contribution in [1.29, 1.82) is 0 Å². The number of hydrogen-bond acceptors (Lipinski definition) is 6. The smallest absolute Gasteiger partial charge is 0.345 e. The summed E-state index contributed by atoms with van der Waals surface area (Å²) in [5, 5.41) is 14.1. The third kappa shape index (κ3) is 2.82. The van der Waals surface area contributed by atoms with Crippen molar-refractivity contribution in [2.24, 2.45) is 0 Å². The summed E-state index contributed by atoms with van der Waals surface area (Å²) in [6, 6.07) is 5.76. The second-order valence-electron chi connectivity index (χ2n) is 4.75. The van der Waals surface area contributed by atoms with E-state index in [9.17, 15) is 14.9 Å². The number of nitro groups is 1. The Kier molecular flexibility index (Phi) is 3.60. The standard InChI is InChI=1S/C14H11N3O4S/c1-8-2-3-10-9(7-21-11(10)4-8)5-12(18)16-14-15-6-13(22-14)17(19)20/h2-4,6-7H,5H2,1H3,(H,15,16,18). The Labute approximate surface area is 128 Å². The number of thiazole rings is 1. The number of carbonyl (C=O) groups is 1. The summed E-state index contributed by atoms with van der Waals surface area (Å²) < 4.78 is 5.43. The predicted molar refractivity (Wildman–Crippen MR) is 82.1 cm³/mol. The minimum atomic E-state index is -0.542. The summed E-state index contributed by atoms with van der Waals surface area (Å²) >= 11 is 0.822. The summed E-state index contributed by atoms with van der Waals surface area (Å²) in [5.41, 5.74) is 2.57. The number of aryl methyl sites for hydroxylation is 1. The number of hydrogen-bond donors (Lipinski definition) is 1. The number of aromatic nitrogens is 1. The Hall–Kier alpha value is -2.74. The molecule has 1 amide bonds. The van der Waals surface area contributed by atoms with Crippen LogP contribution in [0.4, 0.5) is 10.1 Å². The first-order chi connectivity index (χ1) is 10.5. The summed E-state index contributed by atoms with van der Waals surface area (Å²) in [6.45, 7) is 1.96. The molecule has 8 heteroatoms. The number of amides is 1. The average molecular weight is 317 g/mol. The summed E-state index contributed by atoms with van der Waals surface area (Å²) in [7, 11) is 0. The molecule has 0 saturated carbocycles. The van der Waals surface area contributed by atoms with Crippen molar-refractivity contribution in [3.63, 3.8) is 0 Å². The van der Waals surface area contributed by atoms with Crippen molar-refractivity contribution in [1.82, 2.24) is 4.98 Å². The van der Waals surface area contributed by atoms with Crippen LogP contribution in [0.25, 0.3) is 11.0 Å². The van der Waals surface area contributed by atoms with Crippen LogP contribution in [0.3, 0.4) is 0 Å². The molecule has 0 saturated heterocycles. The SMILES string of the molecule is Cc1ccc2c(CC(=O)Nc3ncc([N+](=O)[O-])s3)coc2c1. The van der Waals surface area contributed by atoms with Crippen molar-refractivity contribution in [2.75, 3.05) is 5.32 Å². The van der Waals surface area contributed by atoms with E-state index in [0.717, 1.165) is 39.6 Å². The molecule has 2 heterocycles. The van der Waals surface area contributed by atoms with Gasteiger partial charge in [-0.25, -0.2) is 4.98 Å². The molecule has 0 fully saturated rings. The largest absolute Gasteiger partial charge is 0.464 e. The highest BCUT2D eigenvalue weighted by Gasteiger charge is 2.15. The quantitative estimate of drug-likeness (QED) is 0.588. The van der Waals surface area contributed by atoms with E-state index in [1.807, 2.05) is 25.1 Å². The molecule has 7 nitrogen and oxygen atoms in total. The zero-order valence-corrected chi connectivity index (χ0v) is 12.3. The van der Waals surface area contributed by atoms with Crippen molar-refractivity contribution in [3.05, 3.63) is 51.9 Å². The van der Waals surface area contributed by atoms with Crippen molar-refractivity contribution < 1.29 is 14.1 Å². The lowest BCUT2D eigenvalue weighted by molar-refractivity contribution is -0.380. The molecule has 0 aliphatic carbocycles. The van der Waals surface area contributed by atoms with Crippen LogP contribution in [0, 0.1) is 17.0 Å². The van der Waals surface area contributed by atoms with E-state index in [2.05, 4.69) is 10.3 Å². The van der Waals surface area contributed by atoms with E-state index < -0.39 is 4.92 Å². The molecular formula is C14H11N3O4S. The van der Waals surface area contributed by atoms with Crippen molar-refractivity contribution in [3.8, 4) is 0 Å². The lowest BCUT2D eigenvalue weighted by Crippen LogP contribution is -2.13. The van der Waals surface area contributed by atoms with Gasteiger partial charge in [0.15, 0.2) is 5.13 Å². The second kappa shape index (κ2) is 5.57. The van der Waals surface area contributed by atoms with Gasteiger partial charge in [-0.1, -0.05) is 12.1 Å². The molecule has 1 aromatic carbocycles. The van der Waals surface area contributed by atoms with Crippen LogP contribution in [-0.4, -0.2) is 15.8 Å². The molecular weight excluding hydrogens is 306 g/mol. The zero-order valence-electron chi connectivity index (χ0n) is 11.5. The Balaban J connectivity index is 1.74. The van der Waals surface area contributed by atoms with Crippen molar-refractivity contribution in [2.45, 2.75) is 13.3 Å². The van der Waals surface area contributed by atoms with E-state index in [-0.39, 0.29) is 22.5 Å². The number of carbonyl (C=O) groups excluding carboxylic acids is 1. The van der Waals surface area contributed by atoms with Crippen LogP contribution in [0.5, 0.6) is 0 Å². The van der Waals surface area contributed by atoms with Crippen LogP contribution < -0.4 is 5.32 Å². The third-order valence-corrected chi connectivity index (χ3v) is 3.95. The highest BCUT2D eigenvalue weighted by molar-refractivity contribution is 7.18. The molecule has 112 valence electrons. The van der Waals surface area contributed by atoms with Gasteiger partial charge in [0.1, 0.15) is 11.8 Å². The van der Waals surface area contributed by atoms with Crippen LogP contribution in [-0.2, 0) is 11.2 Å². The molecule has 0 radical (unpaired) electrons. The van der Waals surface area contributed by atoms with Gasteiger partial charge in [0.2, 0.25) is 5.91 Å².